The summed E-state index contributed by atoms with van der Waals surface area (Å²) in [5.41, 5.74) is 1.68. The lowest BCUT2D eigenvalue weighted by Crippen LogP contribution is -2.51. The SMILES string of the molecule is O=C(NC[C@]1(O)CN(Cc2ccccc2)C[C@H]1O)c1cscn1. The molecule has 1 aromatic carbocycles. The van der Waals surface area contributed by atoms with Crippen molar-refractivity contribution in [1.29, 1.82) is 0 Å². The molecule has 23 heavy (non-hydrogen) atoms. The Bertz CT molecular complexity index is 650. The van der Waals surface area contributed by atoms with Gasteiger partial charge in [-0.1, -0.05) is 30.3 Å². The fourth-order valence-corrected chi connectivity index (χ4v) is 3.29. The van der Waals surface area contributed by atoms with Crippen LogP contribution in [0.1, 0.15) is 16.1 Å². The molecule has 0 bridgehead atoms. The summed E-state index contributed by atoms with van der Waals surface area (Å²) in [6.45, 7) is 1.33. The van der Waals surface area contributed by atoms with Crippen LogP contribution in [0, 0.1) is 0 Å². The maximum atomic E-state index is 11.9. The summed E-state index contributed by atoms with van der Waals surface area (Å²) < 4.78 is 0. The van der Waals surface area contributed by atoms with E-state index in [0.29, 0.717) is 25.3 Å². The van der Waals surface area contributed by atoms with Crippen molar-refractivity contribution < 1.29 is 15.0 Å². The Labute approximate surface area is 138 Å². The van der Waals surface area contributed by atoms with Gasteiger partial charge in [0.2, 0.25) is 0 Å². The number of nitrogens with zero attached hydrogens (tertiary/aromatic N) is 2. The van der Waals surface area contributed by atoms with Gasteiger partial charge in [-0.2, -0.15) is 0 Å². The summed E-state index contributed by atoms with van der Waals surface area (Å²) in [5, 5.41) is 25.1. The van der Waals surface area contributed by atoms with Crippen LogP contribution in [0.4, 0.5) is 0 Å². The van der Waals surface area contributed by atoms with Gasteiger partial charge in [-0.25, -0.2) is 4.98 Å². The maximum Gasteiger partial charge on any atom is 0.270 e. The second kappa shape index (κ2) is 6.76. The number of carbonyl (C=O) groups is 1. The van der Waals surface area contributed by atoms with Crippen molar-refractivity contribution in [2.45, 2.75) is 18.2 Å². The van der Waals surface area contributed by atoms with Gasteiger partial charge in [0.05, 0.1) is 18.2 Å². The number of amides is 1. The predicted octanol–water partition coefficient (Wildman–Crippen LogP) is 0.481. The summed E-state index contributed by atoms with van der Waals surface area (Å²) in [5.74, 6) is -0.339. The number of hydrogen-bond donors (Lipinski definition) is 3. The van der Waals surface area contributed by atoms with E-state index in [1.54, 1.807) is 10.9 Å². The van der Waals surface area contributed by atoms with E-state index >= 15 is 0 Å². The van der Waals surface area contributed by atoms with Crippen LogP contribution in [0.2, 0.25) is 0 Å². The van der Waals surface area contributed by atoms with E-state index in [0.717, 1.165) is 5.56 Å². The lowest BCUT2D eigenvalue weighted by atomic mass is 10.0. The van der Waals surface area contributed by atoms with Crippen LogP contribution in [0.15, 0.2) is 41.2 Å². The molecule has 122 valence electrons. The second-order valence-electron chi connectivity index (χ2n) is 5.83. The molecule has 1 saturated heterocycles. The maximum absolute atomic E-state index is 11.9. The van der Waals surface area contributed by atoms with Crippen LogP contribution in [0.5, 0.6) is 0 Å². The van der Waals surface area contributed by atoms with Crippen molar-refractivity contribution in [3.63, 3.8) is 0 Å². The zero-order valence-corrected chi connectivity index (χ0v) is 13.4. The number of nitrogens with one attached hydrogen (secondary N) is 1. The van der Waals surface area contributed by atoms with Crippen molar-refractivity contribution in [2.75, 3.05) is 19.6 Å². The lowest BCUT2D eigenvalue weighted by molar-refractivity contribution is -0.0377. The van der Waals surface area contributed by atoms with Gasteiger partial charge >= 0.3 is 0 Å². The molecule has 0 aliphatic carbocycles. The largest absolute Gasteiger partial charge is 0.389 e. The van der Waals surface area contributed by atoms with Gasteiger partial charge < -0.3 is 15.5 Å². The van der Waals surface area contributed by atoms with Gasteiger partial charge in [0, 0.05) is 25.0 Å². The number of carbonyl (C=O) groups excluding carboxylic acids is 1. The number of aliphatic hydroxyl groups is 2. The molecule has 6 nitrogen and oxygen atoms in total. The van der Waals surface area contributed by atoms with Crippen molar-refractivity contribution in [3.8, 4) is 0 Å². The van der Waals surface area contributed by atoms with E-state index in [1.165, 1.54) is 11.3 Å². The van der Waals surface area contributed by atoms with Gasteiger partial charge in [-0.05, 0) is 5.56 Å². The number of β-amino-alcohol motifs (C(OH)–C–C–N with tert-alkyl or cyclic N) is 2. The average molecular weight is 333 g/mol. The molecule has 2 atom stereocenters. The van der Waals surface area contributed by atoms with E-state index < -0.39 is 11.7 Å². The van der Waals surface area contributed by atoms with Gasteiger partial charge in [0.15, 0.2) is 0 Å². The van der Waals surface area contributed by atoms with E-state index in [4.69, 9.17) is 0 Å². The van der Waals surface area contributed by atoms with Crippen molar-refractivity contribution in [2.24, 2.45) is 0 Å². The minimum atomic E-state index is -1.35. The van der Waals surface area contributed by atoms with E-state index in [1.807, 2.05) is 35.2 Å². The molecule has 3 N–H and O–H groups in total. The highest BCUT2D eigenvalue weighted by atomic mass is 32.1. The molecule has 2 aromatic rings. The van der Waals surface area contributed by atoms with Crippen LogP contribution in [-0.4, -0.2) is 57.3 Å². The molecule has 1 aliphatic rings. The van der Waals surface area contributed by atoms with E-state index in [9.17, 15) is 15.0 Å². The van der Waals surface area contributed by atoms with Crippen LogP contribution in [-0.2, 0) is 6.54 Å². The molecular formula is C16H19N3O3S. The summed E-state index contributed by atoms with van der Waals surface area (Å²) in [7, 11) is 0. The zero-order chi connectivity index (χ0) is 16.3. The molecular weight excluding hydrogens is 314 g/mol. The van der Waals surface area contributed by atoms with Crippen LogP contribution in [0.25, 0.3) is 0 Å². The van der Waals surface area contributed by atoms with Crippen LogP contribution in [0.3, 0.4) is 0 Å². The highest BCUT2D eigenvalue weighted by Gasteiger charge is 2.44. The predicted molar refractivity (Wildman–Crippen MR) is 87.1 cm³/mol. The Hall–Kier alpha value is -1.80. The molecule has 0 unspecified atom stereocenters. The van der Waals surface area contributed by atoms with Crippen LogP contribution < -0.4 is 5.32 Å². The second-order valence-corrected chi connectivity index (χ2v) is 6.55. The molecule has 2 heterocycles. The molecule has 0 spiro atoms. The van der Waals surface area contributed by atoms with E-state index in [-0.39, 0.29) is 12.5 Å². The third kappa shape index (κ3) is 3.76. The molecule has 1 fully saturated rings. The molecule has 1 aromatic heterocycles. The summed E-state index contributed by atoms with van der Waals surface area (Å²) in [6.07, 6.45) is -0.901. The summed E-state index contributed by atoms with van der Waals surface area (Å²) in [6, 6.07) is 9.89. The fourth-order valence-electron chi connectivity index (χ4n) is 2.76. The Kier molecular flexibility index (Phi) is 4.72. The topological polar surface area (TPSA) is 85.7 Å². The van der Waals surface area contributed by atoms with E-state index in [2.05, 4.69) is 10.3 Å². The number of likely N-dealkylation sites (tertiary alicyclic amines) is 1. The van der Waals surface area contributed by atoms with Crippen molar-refractivity contribution in [3.05, 3.63) is 52.5 Å². The average Bonchev–Trinajstić information content (AvgIpc) is 3.16. The Morgan fingerprint density at radius 2 is 2.22 bits per heavy atom. The smallest absolute Gasteiger partial charge is 0.270 e. The monoisotopic (exact) mass is 333 g/mol. The van der Waals surface area contributed by atoms with Crippen LogP contribution >= 0.6 is 11.3 Å². The molecule has 0 radical (unpaired) electrons. The molecule has 1 amide bonds. The van der Waals surface area contributed by atoms with Gasteiger partial charge in [0.1, 0.15) is 11.3 Å². The first-order chi connectivity index (χ1) is 11.1. The molecule has 0 saturated carbocycles. The quantitative estimate of drug-likeness (QED) is 0.741. The van der Waals surface area contributed by atoms with Gasteiger partial charge in [-0.15, -0.1) is 11.3 Å². The first-order valence-corrected chi connectivity index (χ1v) is 8.34. The fraction of sp³-hybridized carbons (Fsp3) is 0.375. The van der Waals surface area contributed by atoms with Crippen molar-refractivity contribution >= 4 is 17.2 Å². The Balaban J connectivity index is 1.57. The number of hydrogen-bond acceptors (Lipinski definition) is 6. The highest BCUT2D eigenvalue weighted by Crippen LogP contribution is 2.23. The molecule has 7 heteroatoms. The summed E-state index contributed by atoms with van der Waals surface area (Å²) in [4.78, 5) is 17.8. The minimum Gasteiger partial charge on any atom is -0.389 e. The zero-order valence-electron chi connectivity index (χ0n) is 12.6. The number of benzene rings is 1. The van der Waals surface area contributed by atoms with Gasteiger partial charge in [0.25, 0.3) is 5.91 Å². The first-order valence-electron chi connectivity index (χ1n) is 7.40. The third-order valence-electron chi connectivity index (χ3n) is 4.02. The third-order valence-corrected chi connectivity index (χ3v) is 4.60. The first kappa shape index (κ1) is 16.1. The number of rotatable bonds is 5. The normalized spacial score (nSPS) is 24.7. The van der Waals surface area contributed by atoms with Crippen molar-refractivity contribution in [1.82, 2.24) is 15.2 Å². The molecule has 3 rings (SSSR count). The number of aliphatic hydroxyl groups excluding tert-OH is 1. The number of thiazole rings is 1. The highest BCUT2D eigenvalue weighted by molar-refractivity contribution is 7.07. The number of aromatic nitrogens is 1. The Morgan fingerprint density at radius 3 is 2.91 bits per heavy atom. The standard InChI is InChI=1S/C16H19N3O3S/c20-14-7-19(6-12-4-2-1-3-5-12)10-16(14,22)9-17-15(21)13-8-23-11-18-13/h1-5,8,11,14,20,22H,6-7,9-10H2,(H,17,21)/t14-,16+/m1/s1. The van der Waals surface area contributed by atoms with Gasteiger partial charge in [-0.3, -0.25) is 9.69 Å². The summed E-state index contributed by atoms with van der Waals surface area (Å²) >= 11 is 1.34. The molecule has 1 aliphatic heterocycles. The Morgan fingerprint density at radius 1 is 1.43 bits per heavy atom. The minimum absolute atomic E-state index is 0.00415. The lowest BCUT2D eigenvalue weighted by Gasteiger charge is -2.26.